The van der Waals surface area contributed by atoms with Gasteiger partial charge in [0, 0.05) is 0 Å². The molecule has 7 heteroatoms. The van der Waals surface area contributed by atoms with Crippen LogP contribution in [0.25, 0.3) is 0 Å². The Labute approximate surface area is 124 Å². The van der Waals surface area contributed by atoms with Gasteiger partial charge in [-0.2, -0.15) is 0 Å². The number of sulfonamides is 1. The van der Waals surface area contributed by atoms with E-state index in [1.54, 1.807) is 30.3 Å². The lowest BCUT2D eigenvalue weighted by Crippen LogP contribution is -2.30. The molecule has 102 valence electrons. The SMILES string of the molecule is O=S(=O)(N[C@@H](CO)c1ccccc1)c1ccc(Br)s1. The summed E-state index contributed by atoms with van der Waals surface area (Å²) in [7, 11) is -3.62. The van der Waals surface area contributed by atoms with Crippen LogP contribution < -0.4 is 4.72 Å². The van der Waals surface area contributed by atoms with E-state index in [-0.39, 0.29) is 10.8 Å². The Morgan fingerprint density at radius 2 is 1.89 bits per heavy atom. The maximum atomic E-state index is 12.2. The fourth-order valence-corrected chi connectivity index (χ4v) is 4.83. The van der Waals surface area contributed by atoms with Gasteiger partial charge in [-0.15, -0.1) is 11.3 Å². The summed E-state index contributed by atoms with van der Waals surface area (Å²) >= 11 is 4.36. The quantitative estimate of drug-likeness (QED) is 0.859. The summed E-state index contributed by atoms with van der Waals surface area (Å²) in [4.78, 5) is 0. The largest absolute Gasteiger partial charge is 0.394 e. The molecule has 0 amide bonds. The van der Waals surface area contributed by atoms with Crippen LogP contribution in [0.15, 0.2) is 50.5 Å². The van der Waals surface area contributed by atoms with Gasteiger partial charge in [-0.25, -0.2) is 13.1 Å². The van der Waals surface area contributed by atoms with Gasteiger partial charge in [0.15, 0.2) is 0 Å². The van der Waals surface area contributed by atoms with E-state index in [1.165, 1.54) is 6.07 Å². The fourth-order valence-electron chi connectivity index (χ4n) is 1.58. The van der Waals surface area contributed by atoms with E-state index in [1.807, 2.05) is 6.07 Å². The number of thiophene rings is 1. The molecule has 0 bridgehead atoms. The highest BCUT2D eigenvalue weighted by Gasteiger charge is 2.22. The average molecular weight is 362 g/mol. The summed E-state index contributed by atoms with van der Waals surface area (Å²) in [5.74, 6) is 0. The van der Waals surface area contributed by atoms with Gasteiger partial charge in [-0.05, 0) is 33.6 Å². The van der Waals surface area contributed by atoms with Crippen molar-refractivity contribution in [1.82, 2.24) is 4.72 Å². The van der Waals surface area contributed by atoms with E-state index < -0.39 is 16.1 Å². The van der Waals surface area contributed by atoms with Gasteiger partial charge < -0.3 is 5.11 Å². The predicted octanol–water partition coefficient (Wildman–Crippen LogP) is 2.52. The third kappa shape index (κ3) is 3.64. The number of nitrogens with one attached hydrogen (secondary N) is 1. The average Bonchev–Trinajstić information content (AvgIpc) is 2.85. The molecule has 2 rings (SSSR count). The Bertz CT molecular complexity index is 640. The molecule has 1 aromatic heterocycles. The molecule has 4 nitrogen and oxygen atoms in total. The molecule has 0 unspecified atom stereocenters. The van der Waals surface area contributed by atoms with E-state index in [0.717, 1.165) is 20.7 Å². The van der Waals surface area contributed by atoms with Crippen LogP contribution in [0.4, 0.5) is 0 Å². The Balaban J connectivity index is 2.23. The number of rotatable bonds is 5. The van der Waals surface area contributed by atoms with Crippen molar-refractivity contribution in [2.45, 2.75) is 10.3 Å². The van der Waals surface area contributed by atoms with E-state index in [9.17, 15) is 13.5 Å². The minimum absolute atomic E-state index is 0.216. The number of benzene rings is 1. The molecule has 2 aromatic rings. The zero-order valence-corrected chi connectivity index (χ0v) is 13.0. The lowest BCUT2D eigenvalue weighted by molar-refractivity contribution is 0.259. The minimum Gasteiger partial charge on any atom is -0.394 e. The molecule has 0 fully saturated rings. The Morgan fingerprint density at radius 1 is 1.21 bits per heavy atom. The molecule has 0 saturated carbocycles. The highest BCUT2D eigenvalue weighted by atomic mass is 79.9. The van der Waals surface area contributed by atoms with Crippen LogP contribution >= 0.6 is 27.3 Å². The summed E-state index contributed by atoms with van der Waals surface area (Å²) in [6, 6.07) is 11.5. The van der Waals surface area contributed by atoms with Crippen LogP contribution in [-0.2, 0) is 10.0 Å². The van der Waals surface area contributed by atoms with Crippen molar-refractivity contribution in [1.29, 1.82) is 0 Å². The second kappa shape index (κ2) is 6.15. The molecule has 0 saturated heterocycles. The van der Waals surface area contributed by atoms with E-state index in [0.29, 0.717) is 0 Å². The van der Waals surface area contributed by atoms with Crippen LogP contribution in [0.3, 0.4) is 0 Å². The van der Waals surface area contributed by atoms with Crippen molar-refractivity contribution < 1.29 is 13.5 Å². The van der Waals surface area contributed by atoms with Crippen molar-refractivity contribution in [2.24, 2.45) is 0 Å². The topological polar surface area (TPSA) is 66.4 Å². The summed E-state index contributed by atoms with van der Waals surface area (Å²) < 4.78 is 27.8. The van der Waals surface area contributed by atoms with Gasteiger partial charge in [-0.3, -0.25) is 0 Å². The zero-order valence-electron chi connectivity index (χ0n) is 9.78. The number of halogens is 1. The van der Waals surface area contributed by atoms with E-state index in [2.05, 4.69) is 20.7 Å². The normalized spacial score (nSPS) is 13.4. The van der Waals surface area contributed by atoms with Crippen LogP contribution in [0.2, 0.25) is 0 Å². The monoisotopic (exact) mass is 361 g/mol. The van der Waals surface area contributed by atoms with Crippen LogP contribution in [0, 0.1) is 0 Å². The van der Waals surface area contributed by atoms with Crippen molar-refractivity contribution in [3.63, 3.8) is 0 Å². The van der Waals surface area contributed by atoms with Gasteiger partial charge in [0.2, 0.25) is 0 Å². The van der Waals surface area contributed by atoms with Gasteiger partial charge in [0.25, 0.3) is 10.0 Å². The first-order chi connectivity index (χ1) is 9.03. The second-order valence-electron chi connectivity index (χ2n) is 3.83. The lowest BCUT2D eigenvalue weighted by atomic mass is 10.1. The maximum Gasteiger partial charge on any atom is 0.250 e. The predicted molar refractivity (Wildman–Crippen MR) is 78.6 cm³/mol. The highest BCUT2D eigenvalue weighted by molar-refractivity contribution is 9.11. The Hall–Kier alpha value is -0.730. The van der Waals surface area contributed by atoms with Gasteiger partial charge >= 0.3 is 0 Å². The summed E-state index contributed by atoms with van der Waals surface area (Å²) in [5.41, 5.74) is 0.726. The maximum absolute atomic E-state index is 12.2. The second-order valence-corrected chi connectivity index (χ2v) is 8.23. The van der Waals surface area contributed by atoms with E-state index >= 15 is 0 Å². The van der Waals surface area contributed by atoms with Crippen LogP contribution in [0.1, 0.15) is 11.6 Å². The van der Waals surface area contributed by atoms with Crippen LogP contribution in [0.5, 0.6) is 0 Å². The third-order valence-corrected chi connectivity index (χ3v) is 6.08. The highest BCUT2D eigenvalue weighted by Crippen LogP contribution is 2.27. The van der Waals surface area contributed by atoms with Crippen LogP contribution in [-0.4, -0.2) is 20.1 Å². The summed E-state index contributed by atoms with van der Waals surface area (Å²) in [6.45, 7) is -0.296. The molecule has 1 atom stereocenters. The Kier molecular flexibility index (Phi) is 4.75. The first-order valence-corrected chi connectivity index (χ1v) is 8.55. The molecule has 1 aromatic carbocycles. The number of hydrogen-bond acceptors (Lipinski definition) is 4. The molecular weight excluding hydrogens is 350 g/mol. The zero-order chi connectivity index (χ0) is 13.9. The summed E-state index contributed by atoms with van der Waals surface area (Å²) in [5, 5.41) is 9.36. The molecule has 1 heterocycles. The lowest BCUT2D eigenvalue weighted by Gasteiger charge is -2.16. The molecule has 0 aliphatic heterocycles. The standard InChI is InChI=1S/C12H12BrNO3S2/c13-11-6-7-12(18-11)19(16,17)14-10(8-15)9-4-2-1-3-5-9/h1-7,10,14-15H,8H2/t10-/m0/s1. The third-order valence-electron chi connectivity index (χ3n) is 2.50. The molecule has 0 spiro atoms. The smallest absolute Gasteiger partial charge is 0.250 e. The van der Waals surface area contributed by atoms with Crippen molar-refractivity contribution in [2.75, 3.05) is 6.61 Å². The van der Waals surface area contributed by atoms with E-state index in [4.69, 9.17) is 0 Å². The van der Waals surface area contributed by atoms with Gasteiger partial charge in [0.05, 0.1) is 16.4 Å². The van der Waals surface area contributed by atoms with Crippen molar-refractivity contribution >= 4 is 37.3 Å². The fraction of sp³-hybridized carbons (Fsp3) is 0.167. The van der Waals surface area contributed by atoms with Crippen molar-refractivity contribution in [3.05, 3.63) is 51.8 Å². The van der Waals surface area contributed by atoms with Crippen molar-refractivity contribution in [3.8, 4) is 0 Å². The minimum atomic E-state index is -3.62. The number of aliphatic hydroxyl groups excluding tert-OH is 1. The first-order valence-electron chi connectivity index (χ1n) is 5.46. The molecule has 0 radical (unpaired) electrons. The molecular formula is C12H12BrNO3S2. The molecule has 0 aliphatic rings. The summed E-state index contributed by atoms with van der Waals surface area (Å²) in [6.07, 6.45) is 0. The first kappa shape index (κ1) is 14.7. The molecule has 19 heavy (non-hydrogen) atoms. The molecule has 0 aliphatic carbocycles. The number of hydrogen-bond donors (Lipinski definition) is 2. The van der Waals surface area contributed by atoms with Gasteiger partial charge in [0.1, 0.15) is 4.21 Å². The Morgan fingerprint density at radius 3 is 2.42 bits per heavy atom. The van der Waals surface area contributed by atoms with Gasteiger partial charge in [-0.1, -0.05) is 30.3 Å². The number of aliphatic hydroxyl groups is 1. The molecule has 2 N–H and O–H groups in total.